The Balaban J connectivity index is 2.13. The molecule has 2 rings (SSSR count). The van der Waals surface area contributed by atoms with Crippen LogP contribution in [0.15, 0.2) is 18.3 Å². The van der Waals surface area contributed by atoms with Gasteiger partial charge < -0.3 is 5.32 Å². The van der Waals surface area contributed by atoms with Crippen LogP contribution >= 0.6 is 0 Å². The zero-order chi connectivity index (χ0) is 13.0. The summed E-state index contributed by atoms with van der Waals surface area (Å²) in [4.78, 5) is 28.7. The van der Waals surface area contributed by atoms with Gasteiger partial charge in [-0.05, 0) is 12.5 Å². The highest BCUT2D eigenvalue weighted by molar-refractivity contribution is 6.01. The maximum absolute atomic E-state index is 11.6. The second kappa shape index (κ2) is 5.62. The maximum atomic E-state index is 11.6. The van der Waals surface area contributed by atoms with E-state index in [1.807, 2.05) is 12.1 Å². The number of imide groups is 1. The SMILES string of the molecule is CCCNc1ncccc1CN1C(=O)CCC1=O. The van der Waals surface area contributed by atoms with E-state index in [0.29, 0.717) is 19.4 Å². The first-order chi connectivity index (χ1) is 8.72. The summed E-state index contributed by atoms with van der Waals surface area (Å²) in [6.07, 6.45) is 3.36. The number of hydrogen-bond acceptors (Lipinski definition) is 4. The predicted octanol–water partition coefficient (Wildman–Crippen LogP) is 1.55. The Morgan fingerprint density at radius 2 is 2.06 bits per heavy atom. The van der Waals surface area contributed by atoms with Crippen molar-refractivity contribution in [3.8, 4) is 0 Å². The van der Waals surface area contributed by atoms with Crippen LogP contribution in [0.25, 0.3) is 0 Å². The third-order valence-corrected chi connectivity index (χ3v) is 2.92. The summed E-state index contributed by atoms with van der Waals surface area (Å²) >= 11 is 0. The molecule has 0 atom stereocenters. The fourth-order valence-corrected chi connectivity index (χ4v) is 1.94. The number of anilines is 1. The molecule has 2 heterocycles. The molecule has 0 radical (unpaired) electrons. The van der Waals surface area contributed by atoms with Gasteiger partial charge in [0.2, 0.25) is 11.8 Å². The molecule has 2 amide bonds. The fraction of sp³-hybridized carbons (Fsp3) is 0.462. The fourth-order valence-electron chi connectivity index (χ4n) is 1.94. The highest BCUT2D eigenvalue weighted by atomic mass is 16.2. The van der Waals surface area contributed by atoms with E-state index in [9.17, 15) is 9.59 Å². The van der Waals surface area contributed by atoms with Crippen LogP contribution in [-0.2, 0) is 16.1 Å². The lowest BCUT2D eigenvalue weighted by molar-refractivity contribution is -0.139. The summed E-state index contributed by atoms with van der Waals surface area (Å²) in [6.45, 7) is 3.21. The zero-order valence-corrected chi connectivity index (χ0v) is 10.5. The second-order valence-corrected chi connectivity index (χ2v) is 4.31. The first-order valence-electron chi connectivity index (χ1n) is 6.23. The van der Waals surface area contributed by atoms with E-state index in [1.54, 1.807) is 6.20 Å². The molecule has 1 fully saturated rings. The van der Waals surface area contributed by atoms with Gasteiger partial charge in [0.15, 0.2) is 0 Å². The number of hydrogen-bond donors (Lipinski definition) is 1. The van der Waals surface area contributed by atoms with E-state index in [0.717, 1.165) is 24.3 Å². The molecule has 1 N–H and O–H groups in total. The molecule has 0 bridgehead atoms. The minimum Gasteiger partial charge on any atom is -0.370 e. The van der Waals surface area contributed by atoms with E-state index in [4.69, 9.17) is 0 Å². The third kappa shape index (κ3) is 2.67. The van der Waals surface area contributed by atoms with Crippen LogP contribution in [0.1, 0.15) is 31.7 Å². The van der Waals surface area contributed by atoms with Crippen LogP contribution in [0.2, 0.25) is 0 Å². The number of nitrogens with one attached hydrogen (secondary N) is 1. The summed E-state index contributed by atoms with van der Waals surface area (Å²) < 4.78 is 0. The van der Waals surface area contributed by atoms with Gasteiger partial charge >= 0.3 is 0 Å². The molecule has 0 unspecified atom stereocenters. The highest BCUT2D eigenvalue weighted by Gasteiger charge is 2.29. The van der Waals surface area contributed by atoms with Crippen molar-refractivity contribution in [3.63, 3.8) is 0 Å². The van der Waals surface area contributed by atoms with Crippen molar-refractivity contribution >= 4 is 17.6 Å². The Bertz CT molecular complexity index is 443. The molecule has 0 aliphatic carbocycles. The van der Waals surface area contributed by atoms with Crippen LogP contribution in [-0.4, -0.2) is 28.2 Å². The molecule has 0 aromatic carbocycles. The summed E-state index contributed by atoms with van der Waals surface area (Å²) in [5.74, 6) is 0.572. The molecule has 0 saturated carbocycles. The summed E-state index contributed by atoms with van der Waals surface area (Å²) in [6, 6.07) is 3.71. The van der Waals surface area contributed by atoms with Crippen molar-refractivity contribution in [2.24, 2.45) is 0 Å². The van der Waals surface area contributed by atoms with Crippen molar-refractivity contribution in [1.82, 2.24) is 9.88 Å². The van der Waals surface area contributed by atoms with Crippen molar-refractivity contribution in [1.29, 1.82) is 0 Å². The Hall–Kier alpha value is -1.91. The third-order valence-electron chi connectivity index (χ3n) is 2.92. The number of amides is 2. The first-order valence-corrected chi connectivity index (χ1v) is 6.23. The standard InChI is InChI=1S/C13H17N3O2/c1-2-7-14-13-10(4-3-8-15-13)9-16-11(17)5-6-12(16)18/h3-4,8H,2,5-7,9H2,1H3,(H,14,15). The molecule has 1 saturated heterocycles. The van der Waals surface area contributed by atoms with E-state index < -0.39 is 0 Å². The molecule has 96 valence electrons. The number of pyridine rings is 1. The number of carbonyl (C=O) groups excluding carboxylic acids is 2. The van der Waals surface area contributed by atoms with E-state index >= 15 is 0 Å². The van der Waals surface area contributed by atoms with Crippen molar-refractivity contribution in [3.05, 3.63) is 23.9 Å². The van der Waals surface area contributed by atoms with E-state index in [2.05, 4.69) is 17.2 Å². The van der Waals surface area contributed by atoms with E-state index in [-0.39, 0.29) is 11.8 Å². The van der Waals surface area contributed by atoms with Crippen molar-refractivity contribution in [2.45, 2.75) is 32.7 Å². The molecular formula is C13H17N3O2. The Labute approximate surface area is 106 Å². The molecule has 5 heteroatoms. The largest absolute Gasteiger partial charge is 0.370 e. The van der Waals surface area contributed by atoms with Crippen molar-refractivity contribution < 1.29 is 9.59 Å². The molecule has 0 spiro atoms. The Morgan fingerprint density at radius 1 is 1.33 bits per heavy atom. The molecule has 1 aromatic rings. The monoisotopic (exact) mass is 247 g/mol. The summed E-state index contributed by atoms with van der Waals surface area (Å²) in [5.41, 5.74) is 0.884. The molecule has 18 heavy (non-hydrogen) atoms. The lowest BCUT2D eigenvalue weighted by atomic mass is 10.2. The van der Waals surface area contributed by atoms with Gasteiger partial charge in [-0.1, -0.05) is 13.0 Å². The van der Waals surface area contributed by atoms with Gasteiger partial charge in [-0.2, -0.15) is 0 Å². The average Bonchev–Trinajstić information content (AvgIpc) is 2.69. The molecular weight excluding hydrogens is 230 g/mol. The zero-order valence-electron chi connectivity index (χ0n) is 10.5. The lowest BCUT2D eigenvalue weighted by Crippen LogP contribution is -2.28. The second-order valence-electron chi connectivity index (χ2n) is 4.31. The topological polar surface area (TPSA) is 62.3 Å². The van der Waals surface area contributed by atoms with Crippen LogP contribution < -0.4 is 5.32 Å². The van der Waals surface area contributed by atoms with Gasteiger partial charge in [-0.25, -0.2) is 4.98 Å². The lowest BCUT2D eigenvalue weighted by Gasteiger charge is -2.16. The summed E-state index contributed by atoms with van der Waals surface area (Å²) in [5, 5.41) is 3.21. The van der Waals surface area contributed by atoms with Crippen LogP contribution in [0.5, 0.6) is 0 Å². The van der Waals surface area contributed by atoms with Gasteiger partial charge in [0.05, 0.1) is 6.54 Å². The summed E-state index contributed by atoms with van der Waals surface area (Å²) in [7, 11) is 0. The quantitative estimate of drug-likeness (QED) is 0.802. The maximum Gasteiger partial charge on any atom is 0.230 e. The normalized spacial score (nSPS) is 15.3. The van der Waals surface area contributed by atoms with Crippen LogP contribution in [0.3, 0.4) is 0 Å². The van der Waals surface area contributed by atoms with E-state index in [1.165, 1.54) is 4.90 Å². The number of aromatic nitrogens is 1. The Morgan fingerprint density at radius 3 is 2.72 bits per heavy atom. The smallest absolute Gasteiger partial charge is 0.230 e. The number of carbonyl (C=O) groups is 2. The molecule has 1 aliphatic rings. The molecule has 1 aromatic heterocycles. The predicted molar refractivity (Wildman–Crippen MR) is 67.8 cm³/mol. The van der Waals surface area contributed by atoms with Gasteiger partial charge in [0, 0.05) is 31.1 Å². The van der Waals surface area contributed by atoms with Crippen molar-refractivity contribution in [2.75, 3.05) is 11.9 Å². The molecule has 5 nitrogen and oxygen atoms in total. The average molecular weight is 247 g/mol. The number of nitrogens with zero attached hydrogens (tertiary/aromatic N) is 2. The van der Waals surface area contributed by atoms with Crippen LogP contribution in [0.4, 0.5) is 5.82 Å². The Kier molecular flexibility index (Phi) is 3.92. The first kappa shape index (κ1) is 12.5. The number of likely N-dealkylation sites (tertiary alicyclic amines) is 1. The van der Waals surface area contributed by atoms with Crippen LogP contribution in [0, 0.1) is 0 Å². The number of rotatable bonds is 5. The highest BCUT2D eigenvalue weighted by Crippen LogP contribution is 2.19. The van der Waals surface area contributed by atoms with Gasteiger partial charge in [0.25, 0.3) is 0 Å². The minimum absolute atomic E-state index is 0.0923. The minimum atomic E-state index is -0.0923. The van der Waals surface area contributed by atoms with Gasteiger partial charge in [0.1, 0.15) is 5.82 Å². The van der Waals surface area contributed by atoms with Gasteiger partial charge in [-0.3, -0.25) is 14.5 Å². The molecule has 1 aliphatic heterocycles. The van der Waals surface area contributed by atoms with Gasteiger partial charge in [-0.15, -0.1) is 0 Å².